The summed E-state index contributed by atoms with van der Waals surface area (Å²) in [7, 11) is -3.36. The van der Waals surface area contributed by atoms with E-state index in [1.165, 1.54) is 0 Å². The van der Waals surface area contributed by atoms with Crippen LogP contribution in [-0.4, -0.2) is 34.1 Å². The van der Waals surface area contributed by atoms with E-state index in [2.05, 4.69) is 9.62 Å². The van der Waals surface area contributed by atoms with Gasteiger partial charge in [0, 0.05) is 31.4 Å². The lowest BCUT2D eigenvalue weighted by molar-refractivity contribution is 0.584. The lowest BCUT2D eigenvalue weighted by atomic mass is 10.2. The van der Waals surface area contributed by atoms with Crippen LogP contribution in [0.15, 0.2) is 29.2 Å². The van der Waals surface area contributed by atoms with Gasteiger partial charge in [-0.3, -0.25) is 0 Å². The molecule has 1 heterocycles. The molecule has 0 aromatic heterocycles. The largest absolute Gasteiger partial charge is 0.367 e. The number of benzene rings is 1. The van der Waals surface area contributed by atoms with Gasteiger partial charge in [-0.25, -0.2) is 13.1 Å². The van der Waals surface area contributed by atoms with Gasteiger partial charge in [-0.15, -0.1) is 0 Å². The van der Waals surface area contributed by atoms with Crippen LogP contribution in [-0.2, 0) is 10.0 Å². The van der Waals surface area contributed by atoms with Crippen molar-refractivity contribution in [3.05, 3.63) is 24.3 Å². The third-order valence-electron chi connectivity index (χ3n) is 3.46. The summed E-state index contributed by atoms with van der Waals surface area (Å²) in [5.74, 6) is 0. The molecule has 1 aliphatic heterocycles. The second-order valence-corrected chi connectivity index (χ2v) is 6.49. The molecular weight excluding hydrogens is 262 g/mol. The molecule has 106 valence electrons. The average molecular weight is 283 g/mol. The topological polar surface area (TPSA) is 75.4 Å². The Balaban J connectivity index is 2.19. The molecule has 0 aliphatic carbocycles. The zero-order chi connectivity index (χ0) is 13.9. The molecule has 0 amide bonds. The van der Waals surface area contributed by atoms with Crippen LogP contribution in [0.25, 0.3) is 0 Å². The lowest BCUT2D eigenvalue weighted by Crippen LogP contribution is -2.35. The summed E-state index contributed by atoms with van der Waals surface area (Å²) in [5.41, 5.74) is 6.80. The summed E-state index contributed by atoms with van der Waals surface area (Å²) in [6.45, 7) is 3.78. The maximum atomic E-state index is 11.8. The van der Waals surface area contributed by atoms with Crippen molar-refractivity contribution < 1.29 is 8.42 Å². The fourth-order valence-corrected chi connectivity index (χ4v) is 3.55. The second-order valence-electron chi connectivity index (χ2n) is 4.72. The smallest absolute Gasteiger partial charge is 0.240 e. The Morgan fingerprint density at radius 1 is 1.37 bits per heavy atom. The van der Waals surface area contributed by atoms with Gasteiger partial charge in [0.15, 0.2) is 0 Å². The summed E-state index contributed by atoms with van der Waals surface area (Å²) >= 11 is 0. The standard InChI is InChI=1S/C13H21N3O2S/c1-2-15-19(17,18)13-7-5-11(6-8-13)16-9-3-4-12(16)10-14/h5-8,12,15H,2-4,9-10,14H2,1H3. The zero-order valence-corrected chi connectivity index (χ0v) is 12.0. The van der Waals surface area contributed by atoms with Gasteiger partial charge >= 0.3 is 0 Å². The molecule has 1 aliphatic rings. The molecule has 1 atom stereocenters. The number of anilines is 1. The van der Waals surface area contributed by atoms with E-state index in [1.807, 2.05) is 12.1 Å². The first kappa shape index (κ1) is 14.3. The molecule has 19 heavy (non-hydrogen) atoms. The number of nitrogens with two attached hydrogens (primary N) is 1. The van der Waals surface area contributed by atoms with Crippen molar-refractivity contribution in [2.45, 2.75) is 30.7 Å². The van der Waals surface area contributed by atoms with Crippen molar-refractivity contribution in [1.82, 2.24) is 4.72 Å². The first-order valence-electron chi connectivity index (χ1n) is 6.65. The van der Waals surface area contributed by atoms with E-state index in [1.54, 1.807) is 19.1 Å². The molecule has 1 fully saturated rings. The molecule has 1 aromatic carbocycles. The first-order valence-corrected chi connectivity index (χ1v) is 8.13. The van der Waals surface area contributed by atoms with Crippen molar-refractivity contribution in [2.24, 2.45) is 5.73 Å². The molecule has 6 heteroatoms. The van der Waals surface area contributed by atoms with Crippen LogP contribution in [0.3, 0.4) is 0 Å². The quantitative estimate of drug-likeness (QED) is 0.842. The molecule has 2 rings (SSSR count). The number of nitrogens with one attached hydrogen (secondary N) is 1. The van der Waals surface area contributed by atoms with Gasteiger partial charge in [0.25, 0.3) is 0 Å². The highest BCUT2D eigenvalue weighted by Crippen LogP contribution is 2.26. The predicted octanol–water partition coefficient (Wildman–Crippen LogP) is 0.912. The Morgan fingerprint density at radius 2 is 2.05 bits per heavy atom. The Labute approximate surface area is 114 Å². The Bertz CT molecular complexity index is 513. The number of rotatable bonds is 5. The van der Waals surface area contributed by atoms with Gasteiger partial charge in [0.1, 0.15) is 0 Å². The molecule has 0 bridgehead atoms. The van der Waals surface area contributed by atoms with Crippen LogP contribution in [0.1, 0.15) is 19.8 Å². The second kappa shape index (κ2) is 5.90. The summed E-state index contributed by atoms with van der Waals surface area (Å²) < 4.78 is 26.2. The molecule has 5 nitrogen and oxygen atoms in total. The van der Waals surface area contributed by atoms with E-state index >= 15 is 0 Å². The Morgan fingerprint density at radius 3 is 2.63 bits per heavy atom. The van der Waals surface area contributed by atoms with E-state index in [0.717, 1.165) is 25.1 Å². The van der Waals surface area contributed by atoms with Crippen molar-refractivity contribution >= 4 is 15.7 Å². The average Bonchev–Trinajstić information content (AvgIpc) is 2.87. The summed E-state index contributed by atoms with van der Waals surface area (Å²) in [6, 6.07) is 7.39. The monoisotopic (exact) mass is 283 g/mol. The van der Waals surface area contributed by atoms with Crippen LogP contribution in [0.5, 0.6) is 0 Å². The fraction of sp³-hybridized carbons (Fsp3) is 0.538. The Kier molecular flexibility index (Phi) is 4.44. The van der Waals surface area contributed by atoms with E-state index < -0.39 is 10.0 Å². The van der Waals surface area contributed by atoms with Crippen LogP contribution >= 0.6 is 0 Å². The molecule has 1 saturated heterocycles. The highest BCUT2D eigenvalue weighted by Gasteiger charge is 2.23. The third kappa shape index (κ3) is 3.08. The van der Waals surface area contributed by atoms with Gasteiger partial charge in [-0.2, -0.15) is 0 Å². The Hall–Kier alpha value is -1.11. The molecular formula is C13H21N3O2S. The van der Waals surface area contributed by atoms with Crippen molar-refractivity contribution in [3.8, 4) is 0 Å². The lowest BCUT2D eigenvalue weighted by Gasteiger charge is -2.25. The van der Waals surface area contributed by atoms with Crippen molar-refractivity contribution in [2.75, 3.05) is 24.5 Å². The summed E-state index contributed by atoms with van der Waals surface area (Å²) in [6.07, 6.45) is 2.24. The molecule has 0 spiro atoms. The van der Waals surface area contributed by atoms with E-state index in [-0.39, 0.29) is 0 Å². The van der Waals surface area contributed by atoms with Crippen molar-refractivity contribution in [3.63, 3.8) is 0 Å². The summed E-state index contributed by atoms with van der Waals surface area (Å²) in [4.78, 5) is 2.56. The van der Waals surface area contributed by atoms with Crippen LogP contribution in [0.4, 0.5) is 5.69 Å². The maximum absolute atomic E-state index is 11.8. The minimum atomic E-state index is -3.36. The molecule has 0 radical (unpaired) electrons. The fourth-order valence-electron chi connectivity index (χ4n) is 2.51. The van der Waals surface area contributed by atoms with E-state index in [9.17, 15) is 8.42 Å². The highest BCUT2D eigenvalue weighted by molar-refractivity contribution is 7.89. The molecule has 1 unspecified atom stereocenters. The number of hydrogen-bond donors (Lipinski definition) is 2. The third-order valence-corrected chi connectivity index (χ3v) is 5.02. The van der Waals surface area contributed by atoms with Gasteiger partial charge in [0.2, 0.25) is 10.0 Å². The van der Waals surface area contributed by atoms with E-state index in [4.69, 9.17) is 5.73 Å². The minimum Gasteiger partial charge on any atom is -0.367 e. The SMILES string of the molecule is CCNS(=O)(=O)c1ccc(N2CCCC2CN)cc1. The zero-order valence-electron chi connectivity index (χ0n) is 11.2. The van der Waals surface area contributed by atoms with E-state index in [0.29, 0.717) is 24.0 Å². The van der Waals surface area contributed by atoms with Gasteiger partial charge in [-0.05, 0) is 37.1 Å². The predicted molar refractivity (Wildman–Crippen MR) is 76.7 cm³/mol. The van der Waals surface area contributed by atoms with Gasteiger partial charge in [-0.1, -0.05) is 6.92 Å². The maximum Gasteiger partial charge on any atom is 0.240 e. The first-order chi connectivity index (χ1) is 9.08. The normalized spacial score (nSPS) is 19.9. The minimum absolute atomic E-state index is 0.307. The number of sulfonamides is 1. The molecule has 3 N–H and O–H groups in total. The highest BCUT2D eigenvalue weighted by atomic mass is 32.2. The van der Waals surface area contributed by atoms with Crippen molar-refractivity contribution in [1.29, 1.82) is 0 Å². The van der Waals surface area contributed by atoms with Gasteiger partial charge in [0.05, 0.1) is 4.90 Å². The van der Waals surface area contributed by atoms with Crippen LogP contribution < -0.4 is 15.4 Å². The summed E-state index contributed by atoms with van der Waals surface area (Å²) in [5, 5.41) is 0. The van der Waals surface area contributed by atoms with Crippen LogP contribution in [0, 0.1) is 0 Å². The van der Waals surface area contributed by atoms with Gasteiger partial charge < -0.3 is 10.6 Å². The molecule has 0 saturated carbocycles. The molecule has 1 aromatic rings. The number of hydrogen-bond acceptors (Lipinski definition) is 4. The number of nitrogens with zero attached hydrogens (tertiary/aromatic N) is 1. The van der Waals surface area contributed by atoms with Crippen LogP contribution in [0.2, 0.25) is 0 Å².